The van der Waals surface area contributed by atoms with E-state index in [2.05, 4.69) is 0 Å². The fourth-order valence-electron chi connectivity index (χ4n) is 3.36. The molecule has 0 bridgehead atoms. The van der Waals surface area contributed by atoms with Crippen LogP contribution in [0.25, 0.3) is 5.57 Å². The number of hydrogen-bond donors (Lipinski definition) is 1. The second-order valence-electron chi connectivity index (χ2n) is 6.62. The Morgan fingerprint density at radius 3 is 2.55 bits per heavy atom. The first-order valence-corrected chi connectivity index (χ1v) is 8.92. The third-order valence-corrected chi connectivity index (χ3v) is 4.73. The highest BCUT2D eigenvalue weighted by molar-refractivity contribution is 6.02. The van der Waals surface area contributed by atoms with Crippen molar-refractivity contribution in [1.29, 1.82) is 0 Å². The number of allylic oxidation sites excluding steroid dienone is 1. The van der Waals surface area contributed by atoms with E-state index in [1.165, 1.54) is 29.2 Å². The molecule has 0 aromatic heterocycles. The standard InChI is InChI=1S/C21H19F4NO3/c1-3-29-20(28)18-12(2)16-8-7-14(21(23,24)25)10-17(16)26(19(18)27)11-13-5-4-6-15(22)9-13/h4-10,19,27H,3,11H2,1-2H3. The summed E-state index contributed by atoms with van der Waals surface area (Å²) in [7, 11) is 0. The van der Waals surface area contributed by atoms with E-state index >= 15 is 0 Å². The van der Waals surface area contributed by atoms with Crippen LogP contribution in [-0.4, -0.2) is 23.9 Å². The number of aliphatic hydroxyl groups is 1. The van der Waals surface area contributed by atoms with Gasteiger partial charge in [0.2, 0.25) is 0 Å². The van der Waals surface area contributed by atoms with E-state index in [9.17, 15) is 27.5 Å². The summed E-state index contributed by atoms with van der Waals surface area (Å²) in [6.07, 6.45) is -6.13. The summed E-state index contributed by atoms with van der Waals surface area (Å²) in [4.78, 5) is 13.6. The van der Waals surface area contributed by atoms with E-state index in [-0.39, 0.29) is 24.4 Å². The number of carbonyl (C=O) groups excluding carboxylic acids is 1. The highest BCUT2D eigenvalue weighted by Gasteiger charge is 2.37. The predicted molar refractivity (Wildman–Crippen MR) is 99.3 cm³/mol. The van der Waals surface area contributed by atoms with Gasteiger partial charge in [-0.25, -0.2) is 9.18 Å². The molecular weight excluding hydrogens is 390 g/mol. The molecule has 1 aliphatic rings. The number of halogens is 4. The van der Waals surface area contributed by atoms with E-state index in [0.29, 0.717) is 16.7 Å². The maximum absolute atomic E-state index is 13.6. The minimum atomic E-state index is -4.58. The molecule has 3 rings (SSSR count). The molecule has 154 valence electrons. The zero-order valence-corrected chi connectivity index (χ0v) is 15.8. The molecule has 0 radical (unpaired) electrons. The van der Waals surface area contributed by atoms with Crippen molar-refractivity contribution in [3.63, 3.8) is 0 Å². The first-order chi connectivity index (χ1) is 13.6. The molecular formula is C21H19F4NO3. The van der Waals surface area contributed by atoms with Gasteiger partial charge < -0.3 is 14.7 Å². The predicted octanol–water partition coefficient (Wildman–Crippen LogP) is 4.52. The number of rotatable bonds is 4. The summed E-state index contributed by atoms with van der Waals surface area (Å²) >= 11 is 0. The van der Waals surface area contributed by atoms with Crippen LogP contribution in [0.3, 0.4) is 0 Å². The number of hydrogen-bond acceptors (Lipinski definition) is 4. The van der Waals surface area contributed by atoms with Crippen LogP contribution >= 0.6 is 0 Å². The van der Waals surface area contributed by atoms with Crippen molar-refractivity contribution < 1.29 is 32.2 Å². The summed E-state index contributed by atoms with van der Waals surface area (Å²) in [5, 5.41) is 10.9. The largest absolute Gasteiger partial charge is 0.462 e. The monoisotopic (exact) mass is 409 g/mol. The molecule has 0 aliphatic carbocycles. The number of ether oxygens (including phenoxy) is 1. The summed E-state index contributed by atoms with van der Waals surface area (Å²) in [5.41, 5.74) is 0.269. The SMILES string of the molecule is CCOC(=O)C1=C(C)c2ccc(C(F)(F)F)cc2N(Cc2cccc(F)c2)C1O. The molecule has 1 N–H and O–H groups in total. The Hall–Kier alpha value is -2.87. The number of aliphatic hydroxyl groups excluding tert-OH is 1. The second kappa shape index (κ2) is 7.87. The lowest BCUT2D eigenvalue weighted by Gasteiger charge is -2.37. The van der Waals surface area contributed by atoms with Crippen molar-refractivity contribution in [3.8, 4) is 0 Å². The summed E-state index contributed by atoms with van der Waals surface area (Å²) in [6.45, 7) is 3.12. The Kier molecular flexibility index (Phi) is 5.66. The molecule has 1 heterocycles. The molecule has 0 amide bonds. The van der Waals surface area contributed by atoms with Crippen LogP contribution < -0.4 is 4.90 Å². The molecule has 0 saturated heterocycles. The average Bonchev–Trinajstić information content (AvgIpc) is 2.64. The van der Waals surface area contributed by atoms with E-state index in [1.807, 2.05) is 0 Å². The number of fused-ring (bicyclic) bond motifs is 1. The molecule has 0 saturated carbocycles. The minimum Gasteiger partial charge on any atom is -0.462 e. The van der Waals surface area contributed by atoms with Crippen LogP contribution in [0.1, 0.15) is 30.5 Å². The number of nitrogens with zero attached hydrogens (tertiary/aromatic N) is 1. The van der Waals surface area contributed by atoms with E-state index in [1.54, 1.807) is 19.9 Å². The minimum absolute atomic E-state index is 0.0597. The van der Waals surface area contributed by atoms with Crippen molar-refractivity contribution in [2.45, 2.75) is 32.8 Å². The Bertz CT molecular complexity index is 969. The highest BCUT2D eigenvalue weighted by Crippen LogP contribution is 2.42. The first-order valence-electron chi connectivity index (χ1n) is 8.92. The molecule has 0 spiro atoms. The van der Waals surface area contributed by atoms with Gasteiger partial charge in [0.25, 0.3) is 0 Å². The molecule has 2 aromatic carbocycles. The molecule has 1 aliphatic heterocycles. The lowest BCUT2D eigenvalue weighted by atomic mass is 9.91. The topological polar surface area (TPSA) is 49.8 Å². The maximum Gasteiger partial charge on any atom is 0.416 e. The normalized spacial score (nSPS) is 16.7. The Morgan fingerprint density at radius 1 is 1.21 bits per heavy atom. The fraction of sp³-hybridized carbons (Fsp3) is 0.286. The Balaban J connectivity index is 2.15. The van der Waals surface area contributed by atoms with Crippen molar-refractivity contribution in [2.75, 3.05) is 11.5 Å². The van der Waals surface area contributed by atoms with E-state index < -0.39 is 29.8 Å². The summed E-state index contributed by atoms with van der Waals surface area (Å²) < 4.78 is 58.3. The molecule has 29 heavy (non-hydrogen) atoms. The van der Waals surface area contributed by atoms with Crippen molar-refractivity contribution in [2.24, 2.45) is 0 Å². The Morgan fingerprint density at radius 2 is 1.93 bits per heavy atom. The van der Waals surface area contributed by atoms with Crippen LogP contribution in [0, 0.1) is 5.82 Å². The van der Waals surface area contributed by atoms with Gasteiger partial charge in [-0.1, -0.05) is 18.2 Å². The second-order valence-corrected chi connectivity index (χ2v) is 6.62. The third kappa shape index (κ3) is 4.12. The zero-order chi connectivity index (χ0) is 21.3. The zero-order valence-electron chi connectivity index (χ0n) is 15.8. The molecule has 2 aromatic rings. The van der Waals surface area contributed by atoms with Crippen molar-refractivity contribution >= 4 is 17.2 Å². The lowest BCUT2D eigenvalue weighted by Crippen LogP contribution is -2.42. The fourth-order valence-corrected chi connectivity index (χ4v) is 3.36. The molecule has 0 fully saturated rings. The van der Waals surface area contributed by atoms with Gasteiger partial charge in [0, 0.05) is 17.8 Å². The molecule has 1 atom stereocenters. The number of benzene rings is 2. The van der Waals surface area contributed by atoms with Crippen LogP contribution in [0.15, 0.2) is 48.0 Å². The van der Waals surface area contributed by atoms with E-state index in [4.69, 9.17) is 4.74 Å². The van der Waals surface area contributed by atoms with Gasteiger partial charge in [-0.2, -0.15) is 13.2 Å². The molecule has 4 nitrogen and oxygen atoms in total. The number of esters is 1. The van der Waals surface area contributed by atoms with Gasteiger partial charge >= 0.3 is 12.1 Å². The van der Waals surface area contributed by atoms with Crippen LogP contribution in [0.2, 0.25) is 0 Å². The maximum atomic E-state index is 13.6. The van der Waals surface area contributed by atoms with Crippen LogP contribution in [-0.2, 0) is 22.3 Å². The summed E-state index contributed by atoms with van der Waals surface area (Å²) in [5.74, 6) is -1.28. The molecule has 8 heteroatoms. The van der Waals surface area contributed by atoms with Gasteiger partial charge in [0.05, 0.1) is 17.7 Å². The van der Waals surface area contributed by atoms with Gasteiger partial charge in [-0.05, 0) is 49.2 Å². The third-order valence-electron chi connectivity index (χ3n) is 4.73. The van der Waals surface area contributed by atoms with E-state index in [0.717, 1.165) is 12.1 Å². The number of anilines is 1. The van der Waals surface area contributed by atoms with Crippen LogP contribution in [0.4, 0.5) is 23.2 Å². The average molecular weight is 409 g/mol. The highest BCUT2D eigenvalue weighted by atomic mass is 19.4. The van der Waals surface area contributed by atoms with Gasteiger partial charge in [-0.3, -0.25) is 0 Å². The number of carbonyl (C=O) groups is 1. The smallest absolute Gasteiger partial charge is 0.416 e. The van der Waals surface area contributed by atoms with Crippen molar-refractivity contribution in [1.82, 2.24) is 0 Å². The number of alkyl halides is 3. The van der Waals surface area contributed by atoms with Gasteiger partial charge in [-0.15, -0.1) is 0 Å². The first kappa shape index (κ1) is 20.9. The quantitative estimate of drug-likeness (QED) is 0.596. The van der Waals surface area contributed by atoms with Crippen LogP contribution in [0.5, 0.6) is 0 Å². The van der Waals surface area contributed by atoms with Gasteiger partial charge in [0.1, 0.15) is 5.82 Å². The summed E-state index contributed by atoms with van der Waals surface area (Å²) in [6, 6.07) is 8.60. The molecule has 1 unspecified atom stereocenters. The van der Waals surface area contributed by atoms with Crippen molar-refractivity contribution in [3.05, 3.63) is 70.5 Å². The van der Waals surface area contributed by atoms with Gasteiger partial charge in [0.15, 0.2) is 6.23 Å². The Labute approximate surface area is 165 Å². The lowest BCUT2D eigenvalue weighted by molar-refractivity contribution is -0.140.